The second-order valence-electron chi connectivity index (χ2n) is 8.45. The molecule has 1 atom stereocenters. The molecule has 0 unspecified atom stereocenters. The van der Waals surface area contributed by atoms with E-state index in [2.05, 4.69) is 26.2 Å². The van der Waals surface area contributed by atoms with Crippen LogP contribution in [-0.2, 0) is 4.79 Å². The molecule has 5 heteroatoms. The minimum Gasteiger partial charge on any atom is -0.326 e. The summed E-state index contributed by atoms with van der Waals surface area (Å²) in [5.41, 5.74) is 3.05. The number of hydrogen-bond acceptors (Lipinski definition) is 2. The van der Waals surface area contributed by atoms with E-state index in [0.29, 0.717) is 5.92 Å². The number of rotatable bonds is 3. The summed E-state index contributed by atoms with van der Waals surface area (Å²) in [4.78, 5) is 17.1. The smallest absolute Gasteiger partial charge is 0.228 e. The van der Waals surface area contributed by atoms with E-state index in [1.165, 1.54) is 11.6 Å². The number of benzene rings is 2. The Morgan fingerprint density at radius 2 is 1.86 bits per heavy atom. The first-order chi connectivity index (χ1) is 14.0. The molecule has 148 valence electrons. The van der Waals surface area contributed by atoms with Crippen molar-refractivity contribution in [3.8, 4) is 0 Å². The van der Waals surface area contributed by atoms with E-state index in [0.717, 1.165) is 53.2 Å². The van der Waals surface area contributed by atoms with Crippen molar-refractivity contribution in [3.63, 3.8) is 0 Å². The average Bonchev–Trinajstić information content (AvgIpc) is 3.43. The first-order valence-corrected chi connectivity index (χ1v) is 10.9. The van der Waals surface area contributed by atoms with Crippen molar-refractivity contribution in [2.45, 2.75) is 38.0 Å². The third-order valence-electron chi connectivity index (χ3n) is 6.78. The molecule has 2 aromatic carbocycles. The van der Waals surface area contributed by atoms with E-state index >= 15 is 0 Å². The fourth-order valence-electron chi connectivity index (χ4n) is 5.03. The van der Waals surface area contributed by atoms with Crippen LogP contribution in [0.5, 0.6) is 0 Å². The molecule has 0 bridgehead atoms. The van der Waals surface area contributed by atoms with Gasteiger partial charge in [0, 0.05) is 27.7 Å². The van der Waals surface area contributed by atoms with E-state index in [4.69, 9.17) is 0 Å². The second kappa shape index (κ2) is 7.21. The van der Waals surface area contributed by atoms with Crippen LogP contribution in [-0.4, -0.2) is 10.9 Å². The third kappa shape index (κ3) is 3.57. The molecule has 1 spiro atoms. The van der Waals surface area contributed by atoms with Crippen molar-refractivity contribution in [1.29, 1.82) is 0 Å². The maximum atomic E-state index is 13.8. The van der Waals surface area contributed by atoms with Gasteiger partial charge < -0.3 is 5.32 Å². The molecule has 2 fully saturated rings. The van der Waals surface area contributed by atoms with Gasteiger partial charge in [-0.1, -0.05) is 15.9 Å². The summed E-state index contributed by atoms with van der Waals surface area (Å²) in [5.74, 6) is 0.440. The Morgan fingerprint density at radius 3 is 2.62 bits per heavy atom. The molecule has 2 aliphatic rings. The number of amides is 1. The van der Waals surface area contributed by atoms with Crippen LogP contribution in [0.15, 0.2) is 59.2 Å². The molecule has 1 N–H and O–H groups in total. The lowest BCUT2D eigenvalue weighted by Crippen LogP contribution is -2.22. The van der Waals surface area contributed by atoms with Gasteiger partial charge in [0.1, 0.15) is 5.82 Å². The number of anilines is 1. The van der Waals surface area contributed by atoms with Crippen molar-refractivity contribution < 1.29 is 9.18 Å². The van der Waals surface area contributed by atoms with Gasteiger partial charge in [0.05, 0.1) is 5.52 Å². The minimum absolute atomic E-state index is 0.110. The maximum Gasteiger partial charge on any atom is 0.228 e. The predicted octanol–water partition coefficient (Wildman–Crippen LogP) is 6.44. The van der Waals surface area contributed by atoms with Crippen molar-refractivity contribution in [1.82, 2.24) is 4.98 Å². The van der Waals surface area contributed by atoms with Crippen molar-refractivity contribution in [2.24, 2.45) is 11.3 Å². The number of carbonyl (C=O) groups is 1. The van der Waals surface area contributed by atoms with Crippen LogP contribution in [0.4, 0.5) is 10.1 Å². The lowest BCUT2D eigenvalue weighted by Gasteiger charge is -2.30. The Balaban J connectivity index is 1.26. The van der Waals surface area contributed by atoms with Crippen LogP contribution < -0.4 is 5.32 Å². The second-order valence-corrected chi connectivity index (χ2v) is 9.37. The Hall–Kier alpha value is -2.27. The number of carbonyl (C=O) groups excluding carboxylic acids is 1. The Labute approximate surface area is 177 Å². The quantitative estimate of drug-likeness (QED) is 0.496. The molecular formula is C24H22BrFN2O. The third-order valence-corrected chi connectivity index (χ3v) is 7.31. The van der Waals surface area contributed by atoms with Crippen LogP contribution in [0.1, 0.15) is 43.6 Å². The lowest BCUT2D eigenvalue weighted by atomic mass is 9.75. The van der Waals surface area contributed by atoms with Gasteiger partial charge in [-0.25, -0.2) is 4.39 Å². The topological polar surface area (TPSA) is 42.0 Å². The van der Waals surface area contributed by atoms with Gasteiger partial charge in [-0.15, -0.1) is 0 Å². The normalized spacial score (nSPS) is 25.9. The number of nitrogens with zero attached hydrogens (tertiary/aromatic N) is 1. The monoisotopic (exact) mass is 452 g/mol. The molecule has 1 amide bonds. The lowest BCUT2D eigenvalue weighted by molar-refractivity contribution is -0.118. The molecule has 0 saturated heterocycles. The Bertz CT molecular complexity index is 1070. The van der Waals surface area contributed by atoms with E-state index < -0.39 is 0 Å². The molecule has 3 aromatic rings. The van der Waals surface area contributed by atoms with Crippen LogP contribution in [0.2, 0.25) is 0 Å². The van der Waals surface area contributed by atoms with E-state index in [-0.39, 0.29) is 23.1 Å². The van der Waals surface area contributed by atoms with Crippen LogP contribution in [0, 0.1) is 17.2 Å². The molecule has 2 aliphatic carbocycles. The molecule has 1 heterocycles. The summed E-state index contributed by atoms with van der Waals surface area (Å²) in [5, 5.41) is 3.99. The first kappa shape index (κ1) is 18.7. The molecule has 3 nitrogen and oxygen atoms in total. The summed E-state index contributed by atoms with van der Waals surface area (Å²) in [7, 11) is 0. The minimum atomic E-state index is -0.217. The predicted molar refractivity (Wildman–Crippen MR) is 116 cm³/mol. The highest BCUT2D eigenvalue weighted by atomic mass is 79.9. The van der Waals surface area contributed by atoms with Crippen molar-refractivity contribution >= 4 is 38.4 Å². The summed E-state index contributed by atoms with van der Waals surface area (Å²) < 4.78 is 14.8. The zero-order chi connectivity index (χ0) is 20.0. The van der Waals surface area contributed by atoms with Gasteiger partial charge in [-0.3, -0.25) is 9.78 Å². The number of nitrogens with one attached hydrogen (secondary N) is 1. The molecule has 0 aliphatic heterocycles. The van der Waals surface area contributed by atoms with Gasteiger partial charge in [-0.05, 0) is 97.5 Å². The number of pyridine rings is 1. The summed E-state index contributed by atoms with van der Waals surface area (Å²) >= 11 is 3.42. The molecule has 1 aromatic heterocycles. The van der Waals surface area contributed by atoms with E-state index in [1.807, 2.05) is 36.5 Å². The maximum absolute atomic E-state index is 13.8. The average molecular weight is 453 g/mol. The van der Waals surface area contributed by atoms with Crippen molar-refractivity contribution in [2.75, 3.05) is 5.32 Å². The molecule has 29 heavy (non-hydrogen) atoms. The zero-order valence-corrected chi connectivity index (χ0v) is 17.6. The fraction of sp³-hybridized carbons (Fsp3) is 0.333. The number of halogens is 2. The Kier molecular flexibility index (Phi) is 4.66. The van der Waals surface area contributed by atoms with Crippen LogP contribution >= 0.6 is 15.9 Å². The number of hydrogen-bond donors (Lipinski definition) is 1. The summed E-state index contributed by atoms with van der Waals surface area (Å²) in [6.07, 6.45) is 6.99. The van der Waals surface area contributed by atoms with Crippen LogP contribution in [0.3, 0.4) is 0 Å². The Morgan fingerprint density at radius 1 is 1.10 bits per heavy atom. The van der Waals surface area contributed by atoms with Crippen LogP contribution in [0.25, 0.3) is 10.9 Å². The standard InChI is InChI=1S/C24H22BrFN2O/c25-16-1-4-18(5-2-16)28-23(29)21-14-24(21)10-7-15(8-11-24)19-9-12-27-22-6-3-17(26)13-20(19)22/h1-6,9,12-13,15,21H,7-8,10-11,14H2,(H,28,29)/t15-,21-,24+/m1/s1. The molecule has 5 rings (SSSR count). The number of fused-ring (bicyclic) bond motifs is 1. The summed E-state index contributed by atoms with van der Waals surface area (Å²) in [6, 6.07) is 14.6. The first-order valence-electron chi connectivity index (χ1n) is 10.1. The SMILES string of the molecule is O=C(Nc1ccc(Br)cc1)[C@H]1C[C@]12CC[C@H](c1ccnc3ccc(F)cc31)CC2. The number of aromatic nitrogens is 1. The highest BCUT2D eigenvalue weighted by molar-refractivity contribution is 9.10. The highest BCUT2D eigenvalue weighted by Crippen LogP contribution is 2.63. The highest BCUT2D eigenvalue weighted by Gasteiger charge is 2.58. The molecule has 0 radical (unpaired) electrons. The van der Waals surface area contributed by atoms with E-state index in [1.54, 1.807) is 12.1 Å². The zero-order valence-electron chi connectivity index (χ0n) is 16.0. The van der Waals surface area contributed by atoms with Gasteiger partial charge in [0.2, 0.25) is 5.91 Å². The molecule has 2 saturated carbocycles. The van der Waals surface area contributed by atoms with Gasteiger partial charge in [-0.2, -0.15) is 0 Å². The fourth-order valence-corrected chi connectivity index (χ4v) is 5.30. The van der Waals surface area contributed by atoms with Gasteiger partial charge >= 0.3 is 0 Å². The van der Waals surface area contributed by atoms with E-state index in [9.17, 15) is 9.18 Å². The van der Waals surface area contributed by atoms with Gasteiger partial charge in [0.15, 0.2) is 0 Å². The largest absolute Gasteiger partial charge is 0.326 e. The molecular weight excluding hydrogens is 431 g/mol. The van der Waals surface area contributed by atoms with Crippen molar-refractivity contribution in [3.05, 3.63) is 70.6 Å². The summed E-state index contributed by atoms with van der Waals surface area (Å²) in [6.45, 7) is 0. The van der Waals surface area contributed by atoms with Gasteiger partial charge in [0.25, 0.3) is 0 Å².